The zero-order valence-electron chi connectivity index (χ0n) is 29.4. The quantitative estimate of drug-likeness (QED) is 0.120. The molecule has 3 aromatic rings. The predicted octanol–water partition coefficient (Wildman–Crippen LogP) is 3.80. The molecule has 1 aromatic heterocycles. The Morgan fingerprint density at radius 1 is 0.830 bits per heavy atom. The summed E-state index contributed by atoms with van der Waals surface area (Å²) in [5, 5.41) is 24.8. The van der Waals surface area contributed by atoms with Gasteiger partial charge in [0.25, 0.3) is 0 Å². The molecule has 0 aliphatic carbocycles. The van der Waals surface area contributed by atoms with E-state index in [0.29, 0.717) is 16.8 Å². The molecule has 2 aromatic carbocycles. The molecule has 284 valence electrons. The first-order chi connectivity index (χ1) is 24.9. The lowest BCUT2D eigenvalue weighted by atomic mass is 9.86. The third kappa shape index (κ3) is 14.1. The lowest BCUT2D eigenvalue weighted by Gasteiger charge is -2.26. The summed E-state index contributed by atoms with van der Waals surface area (Å²) in [6, 6.07) is 16.7. The number of halogens is 1. The number of nitrogens with zero attached hydrogens (tertiary/aromatic N) is 1. The van der Waals surface area contributed by atoms with Crippen molar-refractivity contribution >= 4 is 67.8 Å². The molecular formula is C37H42ClN3O11S. The van der Waals surface area contributed by atoms with Crippen molar-refractivity contribution in [3.05, 3.63) is 88.4 Å². The number of carboxylic acid groups (broad SMARTS) is 2. The molecule has 0 saturated heterocycles. The minimum atomic E-state index is -3.91. The first kappa shape index (κ1) is 42.3. The largest absolute Gasteiger partial charge is 0.481 e. The Kier molecular flexibility index (Phi) is 15.6. The summed E-state index contributed by atoms with van der Waals surface area (Å²) < 4.78 is 28.3. The van der Waals surface area contributed by atoms with Gasteiger partial charge in [-0.2, -0.15) is 0 Å². The highest BCUT2D eigenvalue weighted by atomic mass is 35.5. The minimum Gasteiger partial charge on any atom is -0.481 e. The van der Waals surface area contributed by atoms with Crippen molar-refractivity contribution in [1.29, 1.82) is 0 Å². The Morgan fingerprint density at radius 3 is 2.09 bits per heavy atom. The van der Waals surface area contributed by atoms with E-state index in [1.54, 1.807) is 68.4 Å². The van der Waals surface area contributed by atoms with Crippen molar-refractivity contribution in [2.45, 2.75) is 64.6 Å². The van der Waals surface area contributed by atoms with E-state index >= 15 is 0 Å². The maximum absolute atomic E-state index is 14.0. The number of esters is 1. The van der Waals surface area contributed by atoms with Gasteiger partial charge in [0.05, 0.1) is 42.8 Å². The van der Waals surface area contributed by atoms with Crippen LogP contribution in [0.15, 0.2) is 77.2 Å². The number of hydrogen-bond donors (Lipinski definition) is 4. The van der Waals surface area contributed by atoms with Crippen LogP contribution in [-0.4, -0.2) is 77.5 Å². The van der Waals surface area contributed by atoms with Crippen molar-refractivity contribution in [2.75, 3.05) is 6.26 Å². The molecule has 4 atom stereocenters. The smallest absolute Gasteiger partial charge is 0.306 e. The highest BCUT2D eigenvalue weighted by Gasteiger charge is 2.34. The van der Waals surface area contributed by atoms with Gasteiger partial charge in [0, 0.05) is 36.1 Å². The van der Waals surface area contributed by atoms with Crippen LogP contribution in [-0.2, 0) is 56.4 Å². The number of Topliss-reactive ketones (excluding diaryl/α,β-unsaturated/α-hetero) is 1. The second-order valence-corrected chi connectivity index (χ2v) is 15.5. The summed E-state index contributed by atoms with van der Waals surface area (Å²) in [6.07, 6.45) is -0.957. The molecule has 2 amide bonds. The number of carbonyl (C=O) groups is 6. The van der Waals surface area contributed by atoms with Gasteiger partial charge in [-0.1, -0.05) is 80.0 Å². The normalized spacial score (nSPS) is 14.1. The fraction of sp³-hybridized carbons (Fsp3) is 0.378. The second-order valence-electron chi connectivity index (χ2n) is 12.9. The zero-order chi connectivity index (χ0) is 39.3. The third-order valence-corrected chi connectivity index (χ3v) is 10.0. The molecule has 0 unspecified atom stereocenters. The number of fused-ring (bicyclic) bond motifs is 1. The molecule has 0 aliphatic rings. The zero-order valence-corrected chi connectivity index (χ0v) is 30.9. The van der Waals surface area contributed by atoms with Gasteiger partial charge in [0.1, 0.15) is 11.0 Å². The number of nitrogens with one attached hydrogen (secondary N) is 2. The summed E-state index contributed by atoms with van der Waals surface area (Å²) in [6.45, 7) is 3.19. The van der Waals surface area contributed by atoms with Gasteiger partial charge in [0.15, 0.2) is 15.6 Å². The number of ether oxygens (including phenoxy) is 1. The van der Waals surface area contributed by atoms with E-state index in [0.717, 1.165) is 17.7 Å². The molecule has 0 bridgehead atoms. The molecule has 14 nitrogen and oxygen atoms in total. The summed E-state index contributed by atoms with van der Waals surface area (Å²) >= 11 is 5.85. The topological polar surface area (TPSA) is 223 Å². The highest BCUT2D eigenvalue weighted by molar-refractivity contribution is 7.96. The summed E-state index contributed by atoms with van der Waals surface area (Å²) in [5.74, 6) is -8.87. The van der Waals surface area contributed by atoms with E-state index in [1.165, 1.54) is 0 Å². The lowest BCUT2D eigenvalue weighted by molar-refractivity contribution is -0.150. The van der Waals surface area contributed by atoms with Crippen molar-refractivity contribution in [3.8, 4) is 0 Å². The first-order valence-electron chi connectivity index (χ1n) is 16.6. The average molecular weight is 772 g/mol. The number of sulfone groups is 1. The molecule has 0 radical (unpaired) electrons. The van der Waals surface area contributed by atoms with Crippen molar-refractivity contribution < 1.29 is 52.1 Å². The minimum absolute atomic E-state index is 0.0991. The van der Waals surface area contributed by atoms with Crippen LogP contribution in [0.5, 0.6) is 0 Å². The fourth-order valence-corrected chi connectivity index (χ4v) is 5.90. The first-order valence-corrected chi connectivity index (χ1v) is 18.9. The van der Waals surface area contributed by atoms with E-state index in [2.05, 4.69) is 15.6 Å². The Balaban J connectivity index is 1.89. The van der Waals surface area contributed by atoms with Crippen LogP contribution >= 0.6 is 11.6 Å². The molecule has 1 heterocycles. The molecule has 3 rings (SSSR count). The van der Waals surface area contributed by atoms with Gasteiger partial charge in [-0.3, -0.25) is 33.8 Å². The Bertz CT molecular complexity index is 1950. The number of benzene rings is 2. The van der Waals surface area contributed by atoms with Gasteiger partial charge >= 0.3 is 17.9 Å². The van der Waals surface area contributed by atoms with Crippen LogP contribution in [0.4, 0.5) is 0 Å². The van der Waals surface area contributed by atoms with Crippen LogP contribution in [0.25, 0.3) is 10.9 Å². The van der Waals surface area contributed by atoms with Crippen LogP contribution in [0.2, 0.25) is 0 Å². The molecule has 0 spiro atoms. The monoisotopic (exact) mass is 771 g/mol. The highest BCUT2D eigenvalue weighted by Crippen LogP contribution is 2.22. The van der Waals surface area contributed by atoms with Gasteiger partial charge in [-0.15, -0.1) is 0 Å². The molecule has 16 heteroatoms. The van der Waals surface area contributed by atoms with Crippen LogP contribution in [0.3, 0.4) is 0 Å². The van der Waals surface area contributed by atoms with E-state index in [9.17, 15) is 47.4 Å². The number of pyridine rings is 1. The second kappa shape index (κ2) is 19.6. The summed E-state index contributed by atoms with van der Waals surface area (Å²) in [7, 11) is -3.91. The molecule has 0 fully saturated rings. The van der Waals surface area contributed by atoms with Crippen LogP contribution < -0.4 is 10.6 Å². The predicted molar refractivity (Wildman–Crippen MR) is 195 cm³/mol. The maximum atomic E-state index is 14.0. The van der Waals surface area contributed by atoms with E-state index in [-0.39, 0.29) is 13.0 Å². The summed E-state index contributed by atoms with van der Waals surface area (Å²) in [4.78, 5) is 81.7. The number of rotatable bonds is 20. The number of carboxylic acids is 2. The van der Waals surface area contributed by atoms with E-state index in [4.69, 9.17) is 16.3 Å². The third-order valence-electron chi connectivity index (χ3n) is 8.19. The number of carbonyl (C=O) groups excluding carboxylic acids is 4. The van der Waals surface area contributed by atoms with Gasteiger partial charge in [0.2, 0.25) is 11.8 Å². The van der Waals surface area contributed by atoms with Crippen molar-refractivity contribution in [3.63, 3.8) is 0 Å². The van der Waals surface area contributed by atoms with Gasteiger partial charge in [-0.25, -0.2) is 8.42 Å². The van der Waals surface area contributed by atoms with Gasteiger partial charge < -0.3 is 25.6 Å². The van der Waals surface area contributed by atoms with Gasteiger partial charge in [-0.05, 0) is 29.7 Å². The van der Waals surface area contributed by atoms with Crippen molar-refractivity contribution in [1.82, 2.24) is 15.6 Å². The molecule has 4 N–H and O–H groups in total. The number of amides is 2. The average Bonchev–Trinajstić information content (AvgIpc) is 3.08. The molecule has 53 heavy (non-hydrogen) atoms. The Hall–Kier alpha value is -5.15. The number of para-hydroxylation sites is 1. The lowest BCUT2D eigenvalue weighted by Crippen LogP contribution is -2.48. The number of ketones is 1. The molecule has 0 aliphatic heterocycles. The summed E-state index contributed by atoms with van der Waals surface area (Å²) in [5.41, 5.74) is 1.69. The van der Waals surface area contributed by atoms with E-state index < -0.39 is 105 Å². The Labute approximate surface area is 311 Å². The standard InChI is InChI=1S/C37H42ClN3O11S/c1-22(2)28(37(49)40-27(19-34(45)46)18-32(38)53(3,50)51)20-31(42)30(17-26-14-13-24-11-7-8-12-29(24)39-26)41-36(48)25(15-33(43)44)16-35(47)52-21-23-9-5-4-6-10-23/h4-14,18,22,25,27-28,30H,15-17,19-21H2,1-3H3,(H,40,49)(H,41,48)(H,43,44)(H,45,46)/b32-18+/t25-,27-,28+,30+/m1/s1. The molecular weight excluding hydrogens is 730 g/mol. The van der Waals surface area contributed by atoms with Crippen LogP contribution in [0.1, 0.15) is 50.8 Å². The Morgan fingerprint density at radius 2 is 1.47 bits per heavy atom. The fourth-order valence-electron chi connectivity index (χ4n) is 5.33. The number of aliphatic carboxylic acids is 2. The number of aromatic nitrogens is 1. The SMILES string of the molecule is CC(C)[C@H](CC(=O)[C@H](Cc1ccc2ccccc2n1)NC(=O)[C@H](CC(=O)O)CC(=O)OCc1ccccc1)C(=O)N[C@H](/C=C(\Cl)S(C)(=O)=O)CC(=O)O. The van der Waals surface area contributed by atoms with Crippen molar-refractivity contribution in [2.24, 2.45) is 17.8 Å². The maximum Gasteiger partial charge on any atom is 0.306 e. The molecule has 0 saturated carbocycles. The van der Waals surface area contributed by atoms with Crippen LogP contribution in [0, 0.1) is 17.8 Å². The van der Waals surface area contributed by atoms with E-state index in [1.807, 2.05) is 12.1 Å². The number of hydrogen-bond acceptors (Lipinski definition) is 10.